The summed E-state index contributed by atoms with van der Waals surface area (Å²) in [7, 11) is 0. The first-order valence-electron chi connectivity index (χ1n) is 7.61. The summed E-state index contributed by atoms with van der Waals surface area (Å²) >= 11 is 0. The SMILES string of the molecule is Cc1cc(N)c(C(=O)N2CCC3(CCCC3)CC2)cn1. The maximum Gasteiger partial charge on any atom is 0.257 e. The van der Waals surface area contributed by atoms with Crippen molar-refractivity contribution in [3.8, 4) is 0 Å². The molecule has 0 aromatic carbocycles. The Kier molecular flexibility index (Phi) is 3.40. The summed E-state index contributed by atoms with van der Waals surface area (Å²) in [4.78, 5) is 18.7. The lowest BCUT2D eigenvalue weighted by Gasteiger charge is -2.39. The van der Waals surface area contributed by atoms with E-state index in [0.717, 1.165) is 31.6 Å². The summed E-state index contributed by atoms with van der Waals surface area (Å²) in [5.74, 6) is 0.0443. The number of piperidine rings is 1. The highest BCUT2D eigenvalue weighted by atomic mass is 16.2. The number of aryl methyl sites for hydroxylation is 1. The van der Waals surface area contributed by atoms with Crippen LogP contribution in [0.25, 0.3) is 0 Å². The van der Waals surface area contributed by atoms with Crippen LogP contribution in [-0.2, 0) is 0 Å². The van der Waals surface area contributed by atoms with E-state index in [9.17, 15) is 4.79 Å². The molecule has 0 radical (unpaired) electrons. The van der Waals surface area contributed by atoms with Crippen molar-refractivity contribution in [1.82, 2.24) is 9.88 Å². The molecule has 1 spiro atoms. The Balaban J connectivity index is 1.69. The maximum absolute atomic E-state index is 12.5. The summed E-state index contributed by atoms with van der Waals surface area (Å²) < 4.78 is 0. The van der Waals surface area contributed by atoms with E-state index in [1.807, 2.05) is 11.8 Å². The third-order valence-electron chi connectivity index (χ3n) is 5.08. The third-order valence-corrected chi connectivity index (χ3v) is 5.08. The first kappa shape index (κ1) is 13.4. The molecule has 1 saturated heterocycles. The Morgan fingerprint density at radius 1 is 1.25 bits per heavy atom. The van der Waals surface area contributed by atoms with Crippen LogP contribution < -0.4 is 5.73 Å². The minimum absolute atomic E-state index is 0.0443. The van der Waals surface area contributed by atoms with E-state index in [1.165, 1.54) is 25.7 Å². The van der Waals surface area contributed by atoms with Crippen LogP contribution in [0.3, 0.4) is 0 Å². The van der Waals surface area contributed by atoms with Crippen molar-refractivity contribution >= 4 is 11.6 Å². The van der Waals surface area contributed by atoms with Crippen molar-refractivity contribution in [2.45, 2.75) is 45.4 Å². The Hall–Kier alpha value is -1.58. The molecule has 4 heteroatoms. The molecule has 2 fully saturated rings. The zero-order valence-corrected chi connectivity index (χ0v) is 12.2. The number of nitrogens with zero attached hydrogens (tertiary/aromatic N) is 2. The van der Waals surface area contributed by atoms with Gasteiger partial charge in [-0.1, -0.05) is 12.8 Å². The molecule has 1 saturated carbocycles. The molecule has 4 nitrogen and oxygen atoms in total. The number of hydrogen-bond donors (Lipinski definition) is 1. The fraction of sp³-hybridized carbons (Fsp3) is 0.625. The summed E-state index contributed by atoms with van der Waals surface area (Å²) in [6.07, 6.45) is 9.35. The molecule has 1 aliphatic heterocycles. The monoisotopic (exact) mass is 273 g/mol. The highest BCUT2D eigenvalue weighted by Crippen LogP contribution is 2.46. The zero-order valence-electron chi connectivity index (χ0n) is 12.2. The van der Waals surface area contributed by atoms with Crippen molar-refractivity contribution in [3.63, 3.8) is 0 Å². The minimum Gasteiger partial charge on any atom is -0.398 e. The average Bonchev–Trinajstić information content (AvgIpc) is 2.87. The van der Waals surface area contributed by atoms with E-state index >= 15 is 0 Å². The van der Waals surface area contributed by atoms with Crippen molar-refractivity contribution in [2.24, 2.45) is 5.41 Å². The molecule has 2 heterocycles. The smallest absolute Gasteiger partial charge is 0.257 e. The highest BCUT2D eigenvalue weighted by Gasteiger charge is 2.38. The maximum atomic E-state index is 12.5. The number of pyridine rings is 1. The molecular formula is C16H23N3O. The number of carbonyl (C=O) groups is 1. The first-order chi connectivity index (χ1) is 9.60. The van der Waals surface area contributed by atoms with Crippen LogP contribution in [-0.4, -0.2) is 28.9 Å². The minimum atomic E-state index is 0.0443. The Morgan fingerprint density at radius 3 is 2.50 bits per heavy atom. The van der Waals surface area contributed by atoms with Crippen LogP contribution >= 0.6 is 0 Å². The average molecular weight is 273 g/mol. The van der Waals surface area contributed by atoms with Gasteiger partial charge in [0, 0.05) is 30.7 Å². The predicted octanol–water partition coefficient (Wildman–Crippen LogP) is 2.77. The van der Waals surface area contributed by atoms with Crippen LogP contribution in [0, 0.1) is 12.3 Å². The molecule has 0 atom stereocenters. The predicted molar refractivity (Wildman–Crippen MR) is 79.4 cm³/mol. The number of nitrogens with two attached hydrogens (primary N) is 1. The number of rotatable bonds is 1. The molecule has 0 unspecified atom stereocenters. The highest BCUT2D eigenvalue weighted by molar-refractivity contribution is 5.98. The number of anilines is 1. The second-order valence-corrected chi connectivity index (χ2v) is 6.41. The van der Waals surface area contributed by atoms with Gasteiger partial charge in [0.1, 0.15) is 0 Å². The number of aromatic nitrogens is 1. The van der Waals surface area contributed by atoms with Gasteiger partial charge in [0.2, 0.25) is 0 Å². The lowest BCUT2D eigenvalue weighted by atomic mass is 9.77. The topological polar surface area (TPSA) is 59.2 Å². The van der Waals surface area contributed by atoms with Gasteiger partial charge in [0.05, 0.1) is 5.56 Å². The van der Waals surface area contributed by atoms with Gasteiger partial charge in [-0.05, 0) is 44.1 Å². The fourth-order valence-electron chi connectivity index (χ4n) is 3.74. The van der Waals surface area contributed by atoms with E-state index in [-0.39, 0.29) is 5.91 Å². The summed E-state index contributed by atoms with van der Waals surface area (Å²) in [6.45, 7) is 3.62. The largest absolute Gasteiger partial charge is 0.398 e. The van der Waals surface area contributed by atoms with Gasteiger partial charge in [-0.15, -0.1) is 0 Å². The number of likely N-dealkylation sites (tertiary alicyclic amines) is 1. The molecule has 108 valence electrons. The molecule has 0 bridgehead atoms. The van der Waals surface area contributed by atoms with Gasteiger partial charge in [-0.2, -0.15) is 0 Å². The lowest BCUT2D eigenvalue weighted by molar-refractivity contribution is 0.0588. The van der Waals surface area contributed by atoms with Gasteiger partial charge in [0.15, 0.2) is 0 Å². The lowest BCUT2D eigenvalue weighted by Crippen LogP contribution is -2.42. The van der Waals surface area contributed by atoms with E-state index in [0.29, 0.717) is 16.7 Å². The van der Waals surface area contributed by atoms with Crippen molar-refractivity contribution in [2.75, 3.05) is 18.8 Å². The van der Waals surface area contributed by atoms with Crippen LogP contribution in [0.1, 0.15) is 54.6 Å². The Labute approximate surface area is 120 Å². The number of carbonyl (C=O) groups excluding carboxylic acids is 1. The second kappa shape index (κ2) is 5.08. The first-order valence-corrected chi connectivity index (χ1v) is 7.61. The Bertz CT molecular complexity index is 510. The summed E-state index contributed by atoms with van der Waals surface area (Å²) in [5, 5.41) is 0. The molecule has 1 aromatic rings. The van der Waals surface area contributed by atoms with E-state index < -0.39 is 0 Å². The van der Waals surface area contributed by atoms with E-state index in [4.69, 9.17) is 5.73 Å². The van der Waals surface area contributed by atoms with Crippen LogP contribution in [0.2, 0.25) is 0 Å². The van der Waals surface area contributed by atoms with Crippen molar-refractivity contribution in [3.05, 3.63) is 23.5 Å². The molecule has 1 aliphatic carbocycles. The number of hydrogen-bond acceptors (Lipinski definition) is 3. The van der Waals surface area contributed by atoms with Gasteiger partial charge < -0.3 is 10.6 Å². The number of nitrogen functional groups attached to an aromatic ring is 1. The van der Waals surface area contributed by atoms with Crippen LogP contribution in [0.15, 0.2) is 12.3 Å². The van der Waals surface area contributed by atoms with Gasteiger partial charge in [0.25, 0.3) is 5.91 Å². The van der Waals surface area contributed by atoms with Gasteiger partial charge in [-0.25, -0.2) is 0 Å². The number of amides is 1. The molecule has 1 amide bonds. The van der Waals surface area contributed by atoms with Crippen LogP contribution in [0.5, 0.6) is 0 Å². The molecule has 2 aliphatic rings. The molecule has 1 aromatic heterocycles. The summed E-state index contributed by atoms with van der Waals surface area (Å²) in [5.41, 5.74) is 8.44. The third kappa shape index (κ3) is 2.39. The van der Waals surface area contributed by atoms with Gasteiger partial charge in [-0.3, -0.25) is 9.78 Å². The zero-order chi connectivity index (χ0) is 14.2. The molecular weight excluding hydrogens is 250 g/mol. The van der Waals surface area contributed by atoms with E-state index in [2.05, 4.69) is 4.98 Å². The molecule has 3 rings (SSSR count). The Morgan fingerprint density at radius 2 is 1.90 bits per heavy atom. The van der Waals surface area contributed by atoms with Crippen molar-refractivity contribution in [1.29, 1.82) is 0 Å². The fourth-order valence-corrected chi connectivity index (χ4v) is 3.74. The molecule has 20 heavy (non-hydrogen) atoms. The second-order valence-electron chi connectivity index (χ2n) is 6.41. The van der Waals surface area contributed by atoms with E-state index in [1.54, 1.807) is 12.3 Å². The van der Waals surface area contributed by atoms with Crippen molar-refractivity contribution < 1.29 is 4.79 Å². The summed E-state index contributed by atoms with van der Waals surface area (Å²) in [6, 6.07) is 1.77. The quantitative estimate of drug-likeness (QED) is 0.856. The van der Waals surface area contributed by atoms with Crippen LogP contribution in [0.4, 0.5) is 5.69 Å². The van der Waals surface area contributed by atoms with Gasteiger partial charge >= 0.3 is 0 Å². The standard InChI is InChI=1S/C16H23N3O/c1-12-10-14(17)13(11-18-12)15(20)19-8-6-16(7-9-19)4-2-3-5-16/h10-11H,2-9H2,1H3,(H2,17,18). The molecule has 2 N–H and O–H groups in total. The normalized spacial score (nSPS) is 21.4.